The van der Waals surface area contributed by atoms with Gasteiger partial charge >= 0.3 is 0 Å². The minimum atomic E-state index is -1.21. The lowest BCUT2D eigenvalue weighted by molar-refractivity contribution is -0.140. The van der Waals surface area contributed by atoms with Crippen LogP contribution in [-0.4, -0.2) is 34.9 Å². The first-order chi connectivity index (χ1) is 24.9. The molecule has 2 heterocycles. The van der Waals surface area contributed by atoms with Crippen LogP contribution in [0.15, 0.2) is 131 Å². The topological polar surface area (TPSA) is 87.1 Å². The highest BCUT2D eigenvalue weighted by Crippen LogP contribution is 2.65. The maximum absolute atomic E-state index is 14.8. The summed E-state index contributed by atoms with van der Waals surface area (Å²) in [6.07, 6.45) is 1.66. The first kappa shape index (κ1) is 29.3. The molecule has 246 valence electrons. The molecule has 0 N–H and O–H groups in total. The number of carbonyl (C=O) groups excluding carboxylic acids is 4. The van der Waals surface area contributed by atoms with Crippen LogP contribution in [-0.2, 0) is 24.6 Å². The highest BCUT2D eigenvalue weighted by Gasteiger charge is 2.68. The van der Waals surface area contributed by atoms with E-state index in [4.69, 9.17) is 5.10 Å². The predicted octanol–water partition coefficient (Wildman–Crippen LogP) is 6.88. The van der Waals surface area contributed by atoms with Crippen molar-refractivity contribution in [3.8, 4) is 0 Å². The van der Waals surface area contributed by atoms with Crippen molar-refractivity contribution in [2.75, 3.05) is 4.90 Å². The van der Waals surface area contributed by atoms with Gasteiger partial charge in [-0.15, -0.1) is 0 Å². The molecule has 4 bridgehead atoms. The molecule has 0 saturated carbocycles. The van der Waals surface area contributed by atoms with E-state index < -0.39 is 29.1 Å². The molecule has 8 heteroatoms. The Hall–Kier alpha value is -5.47. The number of rotatable bonds is 3. The second kappa shape index (κ2) is 10.1. The smallest absolute Gasteiger partial charge is 0.254 e. The van der Waals surface area contributed by atoms with Gasteiger partial charge in [0.05, 0.1) is 34.8 Å². The number of nitrogens with zero attached hydrogens (tertiary/aromatic N) is 3. The van der Waals surface area contributed by atoms with Gasteiger partial charge in [0.25, 0.3) is 11.8 Å². The lowest BCUT2D eigenvalue weighted by Gasteiger charge is -2.52. The maximum atomic E-state index is 14.8. The van der Waals surface area contributed by atoms with Gasteiger partial charge in [-0.2, -0.15) is 10.1 Å². The van der Waals surface area contributed by atoms with Gasteiger partial charge in [-0.05, 0) is 68.8 Å². The number of hydrazone groups is 1. The van der Waals surface area contributed by atoms with Gasteiger partial charge in [-0.25, -0.2) is 4.90 Å². The van der Waals surface area contributed by atoms with Crippen molar-refractivity contribution in [2.24, 2.45) is 28.8 Å². The molecule has 0 unspecified atom stereocenters. The van der Waals surface area contributed by atoms with E-state index in [1.807, 2.05) is 84.9 Å². The van der Waals surface area contributed by atoms with E-state index in [0.717, 1.165) is 54.0 Å². The highest BCUT2D eigenvalue weighted by molar-refractivity contribution is 9.10. The zero-order chi connectivity index (χ0) is 34.3. The van der Waals surface area contributed by atoms with Gasteiger partial charge in [0.1, 0.15) is 0 Å². The van der Waals surface area contributed by atoms with Crippen molar-refractivity contribution in [3.05, 3.63) is 170 Å². The van der Waals surface area contributed by atoms with Gasteiger partial charge < -0.3 is 0 Å². The van der Waals surface area contributed by atoms with E-state index in [1.165, 1.54) is 4.90 Å². The molecular weight excluding hydrogens is 702 g/mol. The summed E-state index contributed by atoms with van der Waals surface area (Å²) in [5, 5.41) is 5.95. The fraction of sp³-hybridized carbons (Fsp3) is 0.186. The number of amides is 4. The lowest BCUT2D eigenvalue weighted by atomic mass is 9.47. The van der Waals surface area contributed by atoms with Crippen LogP contribution in [0.4, 0.5) is 5.69 Å². The second-order valence-electron chi connectivity index (χ2n) is 14.5. The minimum Gasteiger partial charge on any atom is -0.274 e. The molecule has 2 aliphatic heterocycles. The molecule has 7 nitrogen and oxygen atoms in total. The Balaban J connectivity index is 1.09. The SMILES string of the molecule is O=C1[C@@H]2C3c4ccccc4C(c4ccccc43)[C@@H]2C(=O)N1/N=C\C12c3ccccc3C(c3ccccc31)[C@H]1C(=O)N(c3ccc(Br)cc3)C(=O)[C@H]12. The number of anilines is 1. The van der Waals surface area contributed by atoms with Gasteiger partial charge in [-0.3, -0.25) is 19.2 Å². The third-order valence-corrected chi connectivity index (χ3v) is 13.1. The van der Waals surface area contributed by atoms with E-state index in [1.54, 1.807) is 18.3 Å². The molecule has 6 aliphatic carbocycles. The van der Waals surface area contributed by atoms with Crippen LogP contribution in [0.2, 0.25) is 0 Å². The fourth-order valence-electron chi connectivity index (χ4n) is 10.8. The quantitative estimate of drug-likeness (QED) is 0.150. The summed E-state index contributed by atoms with van der Waals surface area (Å²) in [6.45, 7) is 0. The van der Waals surface area contributed by atoms with E-state index >= 15 is 0 Å². The third-order valence-electron chi connectivity index (χ3n) is 12.6. The Morgan fingerprint density at radius 3 is 1.43 bits per heavy atom. The summed E-state index contributed by atoms with van der Waals surface area (Å²) < 4.78 is 0.839. The molecule has 5 aromatic rings. The summed E-state index contributed by atoms with van der Waals surface area (Å²) in [6, 6.07) is 39.3. The van der Waals surface area contributed by atoms with Crippen LogP contribution in [0.1, 0.15) is 62.3 Å². The molecule has 0 spiro atoms. The summed E-state index contributed by atoms with van der Waals surface area (Å²) in [5.41, 5.74) is 7.31. The number of carbonyl (C=O) groups is 4. The fourth-order valence-corrected chi connectivity index (χ4v) is 11.1. The average Bonchev–Trinajstić information content (AvgIpc) is 3.59. The van der Waals surface area contributed by atoms with Crippen molar-refractivity contribution in [1.82, 2.24) is 5.01 Å². The monoisotopic (exact) mass is 729 g/mol. The Bertz CT molecular complexity index is 2290. The molecule has 0 aromatic heterocycles. The van der Waals surface area contributed by atoms with Crippen LogP contribution in [0, 0.1) is 23.7 Å². The number of imide groups is 2. The molecular formula is C43H28BrN3O4. The molecule has 8 aliphatic rings. The normalized spacial score (nSPS) is 30.3. The number of halogens is 1. The van der Waals surface area contributed by atoms with Crippen molar-refractivity contribution in [3.63, 3.8) is 0 Å². The largest absolute Gasteiger partial charge is 0.274 e. The Morgan fingerprint density at radius 2 is 0.941 bits per heavy atom. The Kier molecular flexibility index (Phi) is 5.78. The summed E-state index contributed by atoms with van der Waals surface area (Å²) in [5.74, 6) is -4.77. The Labute approximate surface area is 301 Å². The van der Waals surface area contributed by atoms with E-state index in [0.29, 0.717) is 5.69 Å². The molecule has 51 heavy (non-hydrogen) atoms. The van der Waals surface area contributed by atoms with Crippen LogP contribution < -0.4 is 4.90 Å². The van der Waals surface area contributed by atoms with Crippen molar-refractivity contribution >= 4 is 51.5 Å². The Morgan fingerprint density at radius 1 is 0.510 bits per heavy atom. The van der Waals surface area contributed by atoms with E-state index in [-0.39, 0.29) is 41.4 Å². The maximum Gasteiger partial charge on any atom is 0.254 e. The summed E-state index contributed by atoms with van der Waals surface area (Å²) in [4.78, 5) is 59.9. The zero-order valence-electron chi connectivity index (χ0n) is 27.0. The first-order valence-corrected chi connectivity index (χ1v) is 18.1. The lowest BCUT2D eigenvalue weighted by Crippen LogP contribution is -2.55. The molecule has 2 saturated heterocycles. The van der Waals surface area contributed by atoms with Crippen LogP contribution in [0.3, 0.4) is 0 Å². The first-order valence-electron chi connectivity index (χ1n) is 17.3. The van der Waals surface area contributed by atoms with E-state index in [2.05, 4.69) is 40.2 Å². The minimum absolute atomic E-state index is 0.258. The number of hydrogen-bond donors (Lipinski definition) is 0. The van der Waals surface area contributed by atoms with Gasteiger partial charge in [0.15, 0.2) is 0 Å². The highest BCUT2D eigenvalue weighted by atomic mass is 79.9. The molecule has 5 aromatic carbocycles. The molecule has 4 amide bonds. The van der Waals surface area contributed by atoms with Crippen molar-refractivity contribution in [1.29, 1.82) is 0 Å². The van der Waals surface area contributed by atoms with Crippen LogP contribution in [0.5, 0.6) is 0 Å². The predicted molar refractivity (Wildman–Crippen MR) is 193 cm³/mol. The third kappa shape index (κ3) is 3.46. The zero-order valence-corrected chi connectivity index (χ0v) is 28.6. The second-order valence-corrected chi connectivity index (χ2v) is 15.4. The molecule has 13 rings (SSSR count). The molecule has 0 radical (unpaired) electrons. The summed E-state index contributed by atoms with van der Waals surface area (Å²) >= 11 is 3.47. The van der Waals surface area contributed by atoms with Crippen LogP contribution in [0.25, 0.3) is 0 Å². The average molecular weight is 731 g/mol. The number of hydrogen-bond acceptors (Lipinski definition) is 5. The van der Waals surface area contributed by atoms with Crippen molar-refractivity contribution < 1.29 is 19.2 Å². The molecule has 4 atom stereocenters. The van der Waals surface area contributed by atoms with Gasteiger partial charge in [0, 0.05) is 28.4 Å². The van der Waals surface area contributed by atoms with Crippen LogP contribution >= 0.6 is 15.9 Å². The molecule has 2 fully saturated rings. The van der Waals surface area contributed by atoms with Crippen molar-refractivity contribution in [2.45, 2.75) is 23.2 Å². The number of benzene rings is 5. The standard InChI is InChI=1S/C43H28BrN3O4/c44-22-17-19-23(20-18-22)46-39(48)37-34-28-13-5-7-15-30(28)43(38(37)42(46)51,31-16-8-6-14-29(31)34)21-45-47-40(49)35-32-24-9-1-2-10-25(24)33(36(35)41(47)50)27-12-4-3-11-26(27)32/h1-21,32-38H/b45-21-/t32?,33?,34?,35-,36+,37-,38+,43?/m1/s1. The van der Waals surface area contributed by atoms with Gasteiger partial charge in [0.2, 0.25) is 11.8 Å². The van der Waals surface area contributed by atoms with Gasteiger partial charge in [-0.1, -0.05) is 113 Å². The summed E-state index contributed by atoms with van der Waals surface area (Å²) in [7, 11) is 0. The van der Waals surface area contributed by atoms with E-state index in [9.17, 15) is 19.2 Å².